The smallest absolute Gasteiger partial charge is 0.0972 e. The van der Waals surface area contributed by atoms with Crippen LogP contribution in [0.3, 0.4) is 0 Å². The average molecular weight is 344 g/mol. The van der Waals surface area contributed by atoms with Crippen LogP contribution in [0.1, 0.15) is 35.5 Å². The van der Waals surface area contributed by atoms with Gasteiger partial charge in [-0.15, -0.1) is 11.3 Å². The molecule has 0 radical (unpaired) electrons. The molecule has 0 saturated carbocycles. The van der Waals surface area contributed by atoms with Gasteiger partial charge in [0.2, 0.25) is 0 Å². The molecule has 1 aromatic carbocycles. The number of hydrogen-bond acceptors (Lipinski definition) is 4. The van der Waals surface area contributed by atoms with E-state index in [4.69, 9.17) is 4.98 Å². The Morgan fingerprint density at radius 3 is 2.62 bits per heavy atom. The van der Waals surface area contributed by atoms with Crippen LogP contribution >= 0.6 is 11.3 Å². The van der Waals surface area contributed by atoms with Gasteiger partial charge in [-0.3, -0.25) is 4.90 Å². The third-order valence-electron chi connectivity index (χ3n) is 4.87. The summed E-state index contributed by atoms with van der Waals surface area (Å²) in [6, 6.07) is 10.6. The van der Waals surface area contributed by atoms with Crippen molar-refractivity contribution in [3.05, 3.63) is 52.0 Å². The minimum absolute atomic E-state index is 0.910. The van der Waals surface area contributed by atoms with Gasteiger partial charge in [-0.05, 0) is 64.5 Å². The van der Waals surface area contributed by atoms with Gasteiger partial charge in [0.25, 0.3) is 0 Å². The summed E-state index contributed by atoms with van der Waals surface area (Å²) in [5, 5.41) is 3.48. The maximum atomic E-state index is 4.85. The average Bonchev–Trinajstić information content (AvgIpc) is 3.02. The summed E-state index contributed by atoms with van der Waals surface area (Å²) in [4.78, 5) is 9.73. The van der Waals surface area contributed by atoms with E-state index in [0.717, 1.165) is 18.9 Å². The van der Waals surface area contributed by atoms with Crippen LogP contribution in [0.15, 0.2) is 35.7 Å². The Morgan fingerprint density at radius 1 is 1.17 bits per heavy atom. The summed E-state index contributed by atoms with van der Waals surface area (Å²) in [6.45, 7) is 4.69. The molecule has 2 aromatic rings. The molecule has 0 N–H and O–H groups in total. The first-order valence-corrected chi connectivity index (χ1v) is 9.91. The maximum absolute atomic E-state index is 4.85. The van der Waals surface area contributed by atoms with E-state index in [0.29, 0.717) is 0 Å². The number of aromatic nitrogens is 1. The second kappa shape index (κ2) is 8.75. The normalized spacial score (nSPS) is 16.8. The Bertz CT molecular complexity index is 600. The fraction of sp³-hybridized carbons (Fsp3) is 0.550. The first-order valence-electron chi connectivity index (χ1n) is 9.03. The molecule has 1 aliphatic rings. The molecule has 130 valence electrons. The van der Waals surface area contributed by atoms with Gasteiger partial charge in [0.1, 0.15) is 0 Å². The lowest BCUT2D eigenvalue weighted by atomic mass is 9.93. The Labute approximate surface area is 150 Å². The van der Waals surface area contributed by atoms with Crippen LogP contribution in [0.4, 0.5) is 0 Å². The summed E-state index contributed by atoms with van der Waals surface area (Å²) < 4.78 is 0. The first kappa shape index (κ1) is 17.6. The van der Waals surface area contributed by atoms with Crippen molar-refractivity contribution in [2.24, 2.45) is 5.92 Å². The highest BCUT2D eigenvalue weighted by Crippen LogP contribution is 2.23. The van der Waals surface area contributed by atoms with Crippen molar-refractivity contribution in [2.75, 3.05) is 33.7 Å². The minimum Gasteiger partial charge on any atom is -0.309 e. The Morgan fingerprint density at radius 2 is 1.92 bits per heavy atom. The van der Waals surface area contributed by atoms with E-state index in [2.05, 4.69) is 59.6 Å². The number of piperidine rings is 1. The van der Waals surface area contributed by atoms with Gasteiger partial charge in [0, 0.05) is 18.3 Å². The van der Waals surface area contributed by atoms with E-state index in [1.54, 1.807) is 11.3 Å². The van der Waals surface area contributed by atoms with Crippen LogP contribution in [0.5, 0.6) is 0 Å². The molecule has 2 heterocycles. The summed E-state index contributed by atoms with van der Waals surface area (Å²) in [5.41, 5.74) is 2.60. The lowest BCUT2D eigenvalue weighted by Gasteiger charge is -2.32. The Hall–Kier alpha value is -1.23. The highest BCUT2D eigenvalue weighted by Gasteiger charge is 2.19. The van der Waals surface area contributed by atoms with Crippen LogP contribution in [0.2, 0.25) is 0 Å². The molecule has 0 aliphatic carbocycles. The third-order valence-corrected chi connectivity index (χ3v) is 5.77. The van der Waals surface area contributed by atoms with Crippen LogP contribution in [0, 0.1) is 5.92 Å². The number of likely N-dealkylation sites (tertiary alicyclic amines) is 1. The lowest BCUT2D eigenvalue weighted by molar-refractivity contribution is 0.164. The fourth-order valence-electron chi connectivity index (χ4n) is 3.38. The van der Waals surface area contributed by atoms with Gasteiger partial charge >= 0.3 is 0 Å². The monoisotopic (exact) mass is 343 g/mol. The summed E-state index contributed by atoms with van der Waals surface area (Å²) >= 11 is 1.80. The van der Waals surface area contributed by atoms with E-state index in [1.165, 1.54) is 55.2 Å². The van der Waals surface area contributed by atoms with Crippen molar-refractivity contribution in [2.45, 2.75) is 32.2 Å². The molecule has 1 aromatic heterocycles. The van der Waals surface area contributed by atoms with Crippen LogP contribution in [-0.4, -0.2) is 48.5 Å². The lowest BCUT2D eigenvalue weighted by Crippen LogP contribution is -2.34. The molecule has 0 amide bonds. The number of hydrogen-bond donors (Lipinski definition) is 0. The molecule has 3 nitrogen and oxygen atoms in total. The molecule has 3 rings (SSSR count). The quantitative estimate of drug-likeness (QED) is 0.760. The zero-order chi connectivity index (χ0) is 16.8. The second-order valence-corrected chi connectivity index (χ2v) is 8.15. The van der Waals surface area contributed by atoms with Crippen molar-refractivity contribution >= 4 is 11.3 Å². The van der Waals surface area contributed by atoms with Gasteiger partial charge in [-0.1, -0.05) is 30.3 Å². The van der Waals surface area contributed by atoms with E-state index in [9.17, 15) is 0 Å². The molecule has 0 spiro atoms. The van der Waals surface area contributed by atoms with Crippen molar-refractivity contribution in [3.63, 3.8) is 0 Å². The van der Waals surface area contributed by atoms with Gasteiger partial charge < -0.3 is 4.90 Å². The molecule has 0 atom stereocenters. The second-order valence-electron chi connectivity index (χ2n) is 7.21. The van der Waals surface area contributed by atoms with E-state index >= 15 is 0 Å². The summed E-state index contributed by atoms with van der Waals surface area (Å²) in [7, 11) is 4.34. The molecule has 24 heavy (non-hydrogen) atoms. The molecule has 4 heteroatoms. The van der Waals surface area contributed by atoms with E-state index in [-0.39, 0.29) is 0 Å². The minimum atomic E-state index is 0.910. The summed E-state index contributed by atoms with van der Waals surface area (Å²) in [5.74, 6) is 0.910. The van der Waals surface area contributed by atoms with E-state index in [1.807, 2.05) is 0 Å². The van der Waals surface area contributed by atoms with Crippen molar-refractivity contribution < 1.29 is 0 Å². The van der Waals surface area contributed by atoms with Gasteiger partial charge in [0.15, 0.2) is 0 Å². The predicted octanol–water partition coefficient (Wildman–Crippen LogP) is 3.90. The molecular formula is C20H29N3S. The standard InChI is InChI=1S/C20H29N3S/c1-22(2)11-8-17-9-12-23(13-10-17)15-19-16-24-20(21-19)14-18-6-4-3-5-7-18/h3-7,16-17H,8-15H2,1-2H3. The molecule has 1 aliphatic heterocycles. The molecule has 1 saturated heterocycles. The van der Waals surface area contributed by atoms with Gasteiger partial charge in [0.05, 0.1) is 10.7 Å². The molecule has 1 fully saturated rings. The maximum Gasteiger partial charge on any atom is 0.0972 e. The third kappa shape index (κ3) is 5.40. The topological polar surface area (TPSA) is 19.4 Å². The Kier molecular flexibility index (Phi) is 6.41. The van der Waals surface area contributed by atoms with Crippen molar-refractivity contribution in [1.82, 2.24) is 14.8 Å². The zero-order valence-electron chi connectivity index (χ0n) is 14.9. The molecule has 0 bridgehead atoms. The van der Waals surface area contributed by atoms with Crippen molar-refractivity contribution in [3.8, 4) is 0 Å². The Balaban J connectivity index is 1.44. The molecular weight excluding hydrogens is 314 g/mol. The number of rotatable bonds is 7. The number of thiazole rings is 1. The first-order chi connectivity index (χ1) is 11.7. The fourth-order valence-corrected chi connectivity index (χ4v) is 4.20. The highest BCUT2D eigenvalue weighted by molar-refractivity contribution is 7.09. The van der Waals surface area contributed by atoms with Crippen LogP contribution in [-0.2, 0) is 13.0 Å². The van der Waals surface area contributed by atoms with Gasteiger partial charge in [-0.25, -0.2) is 4.98 Å². The summed E-state index contributed by atoms with van der Waals surface area (Å²) in [6.07, 6.45) is 4.99. The highest BCUT2D eigenvalue weighted by atomic mass is 32.1. The number of benzene rings is 1. The largest absolute Gasteiger partial charge is 0.309 e. The van der Waals surface area contributed by atoms with Crippen molar-refractivity contribution in [1.29, 1.82) is 0 Å². The van der Waals surface area contributed by atoms with E-state index < -0.39 is 0 Å². The predicted molar refractivity (Wildman–Crippen MR) is 103 cm³/mol. The van der Waals surface area contributed by atoms with Crippen LogP contribution in [0.25, 0.3) is 0 Å². The zero-order valence-corrected chi connectivity index (χ0v) is 15.8. The van der Waals surface area contributed by atoms with Gasteiger partial charge in [-0.2, -0.15) is 0 Å². The van der Waals surface area contributed by atoms with Crippen LogP contribution < -0.4 is 0 Å². The molecule has 0 unspecified atom stereocenters. The SMILES string of the molecule is CN(C)CCC1CCN(Cc2csc(Cc3ccccc3)n2)CC1. The number of nitrogens with zero attached hydrogens (tertiary/aromatic N) is 3.